The lowest BCUT2D eigenvalue weighted by atomic mass is 9.97. The number of hydrogen-bond donors (Lipinski definition) is 2. The van der Waals surface area contributed by atoms with Crippen molar-refractivity contribution in [3.8, 4) is 0 Å². The summed E-state index contributed by atoms with van der Waals surface area (Å²) in [5, 5.41) is 12.6. The van der Waals surface area contributed by atoms with E-state index in [0.717, 1.165) is 61.5 Å². The SMILES string of the molecule is CC(C)c1ncc([C@@H](/C=C/CCCCc2ccc3c(n2)NCCC3)CC(=O)O)cn1. The van der Waals surface area contributed by atoms with E-state index in [4.69, 9.17) is 4.98 Å². The van der Waals surface area contributed by atoms with E-state index < -0.39 is 5.97 Å². The molecule has 0 aliphatic carbocycles. The lowest BCUT2D eigenvalue weighted by Crippen LogP contribution is -2.13. The molecule has 0 bridgehead atoms. The van der Waals surface area contributed by atoms with Gasteiger partial charge in [-0.25, -0.2) is 15.0 Å². The van der Waals surface area contributed by atoms with Gasteiger partial charge >= 0.3 is 5.97 Å². The zero-order valence-corrected chi connectivity index (χ0v) is 18.0. The number of carbonyl (C=O) groups is 1. The monoisotopic (exact) mass is 408 g/mol. The molecular formula is C24H32N4O2. The number of aromatic nitrogens is 3. The molecule has 2 N–H and O–H groups in total. The molecular weight excluding hydrogens is 376 g/mol. The van der Waals surface area contributed by atoms with Gasteiger partial charge in [-0.3, -0.25) is 4.79 Å². The van der Waals surface area contributed by atoms with Crippen LogP contribution in [0.5, 0.6) is 0 Å². The number of carboxylic acid groups (broad SMARTS) is 1. The van der Waals surface area contributed by atoms with Gasteiger partial charge in [-0.2, -0.15) is 0 Å². The van der Waals surface area contributed by atoms with Crippen molar-refractivity contribution in [1.29, 1.82) is 0 Å². The standard InChI is InChI=1S/C24H32N4O2/c1-17(2)23-26-15-20(16-27-23)19(14-22(29)30)8-5-3-4-6-10-21-12-11-18-9-7-13-25-24(18)28-21/h5,8,11-12,15-17,19H,3-4,6-7,9-10,13-14H2,1-2H3,(H,25,28)(H,29,30)/b8-5+/t19-/m0/s1. The van der Waals surface area contributed by atoms with E-state index in [1.165, 1.54) is 12.0 Å². The number of fused-ring (bicyclic) bond motifs is 1. The van der Waals surface area contributed by atoms with Crippen molar-refractivity contribution in [3.63, 3.8) is 0 Å². The number of hydrogen-bond acceptors (Lipinski definition) is 5. The number of aliphatic carboxylic acids is 1. The Kier molecular flexibility index (Phi) is 7.94. The van der Waals surface area contributed by atoms with E-state index in [9.17, 15) is 9.90 Å². The van der Waals surface area contributed by atoms with Crippen LogP contribution in [0.15, 0.2) is 36.7 Å². The molecule has 2 aromatic heterocycles. The fourth-order valence-corrected chi connectivity index (χ4v) is 3.66. The molecule has 3 heterocycles. The number of rotatable bonds is 10. The largest absolute Gasteiger partial charge is 0.481 e. The number of nitrogens with one attached hydrogen (secondary N) is 1. The lowest BCUT2D eigenvalue weighted by Gasteiger charge is -2.17. The molecule has 0 fully saturated rings. The Bertz CT molecular complexity index is 862. The van der Waals surface area contributed by atoms with Crippen LogP contribution in [0.25, 0.3) is 0 Å². The number of carboxylic acids is 1. The Morgan fingerprint density at radius 1 is 1.23 bits per heavy atom. The van der Waals surface area contributed by atoms with Crippen LogP contribution in [-0.2, 0) is 17.6 Å². The molecule has 0 spiro atoms. The first kappa shape index (κ1) is 21.9. The van der Waals surface area contributed by atoms with Gasteiger partial charge in [0.15, 0.2) is 0 Å². The Labute approximate surface area is 178 Å². The highest BCUT2D eigenvalue weighted by Gasteiger charge is 2.14. The van der Waals surface area contributed by atoms with Gasteiger partial charge in [0.2, 0.25) is 0 Å². The number of nitrogens with zero attached hydrogens (tertiary/aromatic N) is 3. The van der Waals surface area contributed by atoms with E-state index >= 15 is 0 Å². The fraction of sp³-hybridized carbons (Fsp3) is 0.500. The van der Waals surface area contributed by atoms with Crippen molar-refractivity contribution in [2.75, 3.05) is 11.9 Å². The molecule has 6 heteroatoms. The third-order valence-corrected chi connectivity index (χ3v) is 5.40. The molecule has 1 aliphatic heterocycles. The molecule has 1 atom stereocenters. The number of pyridine rings is 1. The molecule has 30 heavy (non-hydrogen) atoms. The molecule has 3 rings (SSSR count). The average Bonchev–Trinajstić information content (AvgIpc) is 2.75. The highest BCUT2D eigenvalue weighted by Crippen LogP contribution is 2.22. The van der Waals surface area contributed by atoms with E-state index in [2.05, 4.69) is 33.5 Å². The van der Waals surface area contributed by atoms with Gasteiger partial charge in [-0.15, -0.1) is 0 Å². The van der Waals surface area contributed by atoms with Crippen molar-refractivity contribution < 1.29 is 9.90 Å². The molecule has 160 valence electrons. The van der Waals surface area contributed by atoms with Crippen LogP contribution in [0, 0.1) is 0 Å². The Morgan fingerprint density at radius 3 is 2.77 bits per heavy atom. The van der Waals surface area contributed by atoms with Gasteiger partial charge in [0, 0.05) is 36.5 Å². The zero-order valence-electron chi connectivity index (χ0n) is 18.0. The average molecular weight is 409 g/mol. The van der Waals surface area contributed by atoms with Crippen LogP contribution < -0.4 is 5.32 Å². The van der Waals surface area contributed by atoms with E-state index in [1.54, 1.807) is 12.4 Å². The Balaban J connectivity index is 1.48. The summed E-state index contributed by atoms with van der Waals surface area (Å²) in [4.78, 5) is 24.8. The summed E-state index contributed by atoms with van der Waals surface area (Å²) in [5.41, 5.74) is 3.31. The summed E-state index contributed by atoms with van der Waals surface area (Å²) >= 11 is 0. The smallest absolute Gasteiger partial charge is 0.304 e. The van der Waals surface area contributed by atoms with Gasteiger partial charge in [-0.1, -0.05) is 32.1 Å². The second-order valence-corrected chi connectivity index (χ2v) is 8.25. The molecule has 2 aromatic rings. The molecule has 0 amide bonds. The van der Waals surface area contributed by atoms with E-state index in [-0.39, 0.29) is 18.3 Å². The van der Waals surface area contributed by atoms with Gasteiger partial charge in [0.1, 0.15) is 11.6 Å². The Hall–Kier alpha value is -2.76. The van der Waals surface area contributed by atoms with Gasteiger partial charge < -0.3 is 10.4 Å². The summed E-state index contributed by atoms with van der Waals surface area (Å²) in [6.07, 6.45) is 13.9. The summed E-state index contributed by atoms with van der Waals surface area (Å²) in [6.45, 7) is 5.09. The molecule has 0 radical (unpaired) electrons. The van der Waals surface area contributed by atoms with Crippen molar-refractivity contribution in [1.82, 2.24) is 15.0 Å². The maximum Gasteiger partial charge on any atom is 0.304 e. The number of unbranched alkanes of at least 4 members (excludes halogenated alkanes) is 2. The van der Waals surface area contributed by atoms with Crippen molar-refractivity contribution in [2.45, 2.75) is 70.6 Å². The Morgan fingerprint density at radius 2 is 2.03 bits per heavy atom. The molecule has 0 saturated heterocycles. The predicted molar refractivity (Wildman–Crippen MR) is 119 cm³/mol. The number of aryl methyl sites for hydroxylation is 2. The van der Waals surface area contributed by atoms with Crippen LogP contribution >= 0.6 is 0 Å². The fourth-order valence-electron chi connectivity index (χ4n) is 3.66. The third kappa shape index (κ3) is 6.37. The first-order valence-electron chi connectivity index (χ1n) is 11.0. The van der Waals surface area contributed by atoms with Crippen LogP contribution in [0.4, 0.5) is 5.82 Å². The molecule has 0 unspecified atom stereocenters. The minimum atomic E-state index is -0.815. The normalized spacial score (nSPS) is 14.5. The second kappa shape index (κ2) is 10.9. The topological polar surface area (TPSA) is 88.0 Å². The van der Waals surface area contributed by atoms with Crippen molar-refractivity contribution in [2.24, 2.45) is 0 Å². The quantitative estimate of drug-likeness (QED) is 0.430. The predicted octanol–water partition coefficient (Wildman–Crippen LogP) is 4.88. The van der Waals surface area contributed by atoms with Gasteiger partial charge in [-0.05, 0) is 55.7 Å². The van der Waals surface area contributed by atoms with Gasteiger partial charge in [0.25, 0.3) is 0 Å². The first-order valence-corrected chi connectivity index (χ1v) is 11.0. The van der Waals surface area contributed by atoms with Crippen molar-refractivity contribution >= 4 is 11.8 Å². The highest BCUT2D eigenvalue weighted by molar-refractivity contribution is 5.68. The first-order chi connectivity index (χ1) is 14.5. The molecule has 0 aromatic carbocycles. The summed E-state index contributed by atoms with van der Waals surface area (Å²) < 4.78 is 0. The highest BCUT2D eigenvalue weighted by atomic mass is 16.4. The minimum Gasteiger partial charge on any atom is -0.481 e. The van der Waals surface area contributed by atoms with Crippen LogP contribution in [0.2, 0.25) is 0 Å². The summed E-state index contributed by atoms with van der Waals surface area (Å²) in [5.74, 6) is 1.08. The molecule has 6 nitrogen and oxygen atoms in total. The second-order valence-electron chi connectivity index (χ2n) is 8.25. The van der Waals surface area contributed by atoms with Crippen LogP contribution in [0.3, 0.4) is 0 Å². The van der Waals surface area contributed by atoms with E-state index in [0.29, 0.717) is 0 Å². The van der Waals surface area contributed by atoms with E-state index in [1.807, 2.05) is 19.9 Å². The number of allylic oxidation sites excluding steroid dienone is 2. The maximum absolute atomic E-state index is 11.3. The third-order valence-electron chi connectivity index (χ3n) is 5.40. The molecule has 0 saturated carbocycles. The van der Waals surface area contributed by atoms with Crippen molar-refractivity contribution in [3.05, 3.63) is 59.3 Å². The number of anilines is 1. The van der Waals surface area contributed by atoms with Crippen LogP contribution in [-0.4, -0.2) is 32.6 Å². The zero-order chi connectivity index (χ0) is 21.3. The maximum atomic E-state index is 11.3. The summed E-state index contributed by atoms with van der Waals surface area (Å²) in [6, 6.07) is 4.35. The lowest BCUT2D eigenvalue weighted by molar-refractivity contribution is -0.137. The minimum absolute atomic E-state index is 0.0485. The summed E-state index contributed by atoms with van der Waals surface area (Å²) in [7, 11) is 0. The van der Waals surface area contributed by atoms with Crippen LogP contribution in [0.1, 0.15) is 80.4 Å². The molecule has 1 aliphatic rings. The van der Waals surface area contributed by atoms with Gasteiger partial charge in [0.05, 0.1) is 6.42 Å².